The molecular formula is C17H23N3O2. The third kappa shape index (κ3) is 5.57. The maximum absolute atomic E-state index is 12.3. The van der Waals surface area contributed by atoms with E-state index in [2.05, 4.69) is 10.6 Å². The van der Waals surface area contributed by atoms with E-state index in [1.807, 2.05) is 39.0 Å². The molecule has 0 aliphatic rings. The van der Waals surface area contributed by atoms with Crippen LogP contribution in [0.15, 0.2) is 24.3 Å². The highest BCUT2D eigenvalue weighted by Crippen LogP contribution is 2.08. The lowest BCUT2D eigenvalue weighted by Crippen LogP contribution is -2.47. The quantitative estimate of drug-likeness (QED) is 0.756. The molecule has 0 aliphatic heterocycles. The van der Waals surface area contributed by atoms with Crippen LogP contribution < -0.4 is 10.6 Å². The van der Waals surface area contributed by atoms with Gasteiger partial charge in [-0.2, -0.15) is 5.26 Å². The first-order valence-corrected chi connectivity index (χ1v) is 7.52. The number of carbonyl (C=O) groups is 2. The molecule has 0 aromatic heterocycles. The van der Waals surface area contributed by atoms with Gasteiger partial charge in [-0.3, -0.25) is 9.59 Å². The van der Waals surface area contributed by atoms with Crippen molar-refractivity contribution in [3.8, 4) is 6.07 Å². The number of hydrogen-bond donors (Lipinski definition) is 2. The van der Waals surface area contributed by atoms with Crippen molar-refractivity contribution in [2.24, 2.45) is 5.92 Å². The highest BCUT2D eigenvalue weighted by Gasteiger charge is 2.22. The molecule has 118 valence electrons. The molecule has 1 rings (SSSR count). The van der Waals surface area contributed by atoms with E-state index in [0.717, 1.165) is 12.0 Å². The minimum Gasteiger partial charge on any atom is -0.341 e. The maximum Gasteiger partial charge on any atom is 0.251 e. The number of nitrogens with zero attached hydrogens (tertiary/aromatic N) is 1. The van der Waals surface area contributed by atoms with Crippen LogP contribution in [0.4, 0.5) is 0 Å². The molecule has 5 heteroatoms. The highest BCUT2D eigenvalue weighted by atomic mass is 16.2. The first-order valence-electron chi connectivity index (χ1n) is 7.52. The average molecular weight is 301 g/mol. The van der Waals surface area contributed by atoms with Gasteiger partial charge in [0.25, 0.3) is 5.91 Å². The Hall–Kier alpha value is -2.35. The lowest BCUT2D eigenvalue weighted by molar-refractivity contribution is -0.123. The SMILES string of the molecule is CCc1ccc(C(=O)N[C@@H](CC(C)C)C(=O)NCC#N)cc1. The van der Waals surface area contributed by atoms with Crippen LogP contribution in [0.1, 0.15) is 43.1 Å². The Morgan fingerprint density at radius 3 is 2.36 bits per heavy atom. The van der Waals surface area contributed by atoms with E-state index in [0.29, 0.717) is 12.0 Å². The summed E-state index contributed by atoms with van der Waals surface area (Å²) in [6, 6.07) is 8.55. The van der Waals surface area contributed by atoms with Crippen molar-refractivity contribution in [1.82, 2.24) is 10.6 Å². The molecule has 2 N–H and O–H groups in total. The third-order valence-corrected chi connectivity index (χ3v) is 3.29. The molecule has 1 aromatic rings. The standard InChI is InChI=1S/C17H23N3O2/c1-4-13-5-7-14(8-6-13)16(21)20-15(11-12(2)3)17(22)19-10-9-18/h5-8,12,15H,4,10-11H2,1-3H3,(H,19,22)(H,20,21)/t15-/m0/s1. The Morgan fingerprint density at radius 1 is 1.23 bits per heavy atom. The van der Waals surface area contributed by atoms with E-state index in [-0.39, 0.29) is 24.3 Å². The summed E-state index contributed by atoms with van der Waals surface area (Å²) in [5.41, 5.74) is 1.68. The molecule has 1 atom stereocenters. The molecule has 0 aliphatic carbocycles. The van der Waals surface area contributed by atoms with Crippen molar-refractivity contribution in [2.45, 2.75) is 39.7 Å². The van der Waals surface area contributed by atoms with Crippen LogP contribution in [0, 0.1) is 17.2 Å². The summed E-state index contributed by atoms with van der Waals surface area (Å²) in [5, 5.41) is 13.8. The van der Waals surface area contributed by atoms with Crippen molar-refractivity contribution in [2.75, 3.05) is 6.54 Å². The van der Waals surface area contributed by atoms with Crippen LogP contribution in [0.25, 0.3) is 0 Å². The number of rotatable bonds is 7. The molecule has 0 fully saturated rings. The van der Waals surface area contributed by atoms with Crippen molar-refractivity contribution < 1.29 is 9.59 Å². The summed E-state index contributed by atoms with van der Waals surface area (Å²) >= 11 is 0. The Bertz CT molecular complexity index is 544. The second kappa shape index (κ2) is 8.83. The minimum atomic E-state index is -0.633. The van der Waals surface area contributed by atoms with E-state index in [9.17, 15) is 9.59 Å². The number of nitriles is 1. The topological polar surface area (TPSA) is 82.0 Å². The number of hydrogen-bond acceptors (Lipinski definition) is 3. The van der Waals surface area contributed by atoms with Gasteiger partial charge in [0.1, 0.15) is 12.6 Å². The molecule has 0 saturated carbocycles. The first kappa shape index (κ1) is 17.7. The third-order valence-electron chi connectivity index (χ3n) is 3.29. The van der Waals surface area contributed by atoms with Crippen molar-refractivity contribution >= 4 is 11.8 Å². The molecule has 0 radical (unpaired) electrons. The zero-order valence-corrected chi connectivity index (χ0v) is 13.3. The predicted molar refractivity (Wildman–Crippen MR) is 85.2 cm³/mol. The van der Waals surface area contributed by atoms with E-state index in [1.54, 1.807) is 12.1 Å². The lowest BCUT2D eigenvalue weighted by atomic mass is 10.0. The fourth-order valence-electron chi connectivity index (χ4n) is 2.09. The highest BCUT2D eigenvalue weighted by molar-refractivity contribution is 5.97. The summed E-state index contributed by atoms with van der Waals surface area (Å²) in [4.78, 5) is 24.3. The van der Waals surface area contributed by atoms with Crippen LogP contribution in [0.3, 0.4) is 0 Å². The summed E-state index contributed by atoms with van der Waals surface area (Å²) in [6.45, 7) is 5.95. The molecule has 1 aromatic carbocycles. The smallest absolute Gasteiger partial charge is 0.251 e. The van der Waals surface area contributed by atoms with Gasteiger partial charge in [-0.15, -0.1) is 0 Å². The molecule has 5 nitrogen and oxygen atoms in total. The Morgan fingerprint density at radius 2 is 1.86 bits per heavy atom. The van der Waals surface area contributed by atoms with Gasteiger partial charge < -0.3 is 10.6 Å². The van der Waals surface area contributed by atoms with Crippen LogP contribution in [-0.2, 0) is 11.2 Å². The van der Waals surface area contributed by atoms with Gasteiger partial charge >= 0.3 is 0 Å². The summed E-state index contributed by atoms with van der Waals surface area (Å²) in [7, 11) is 0. The summed E-state index contributed by atoms with van der Waals surface area (Å²) in [5.74, 6) is -0.352. The number of aryl methyl sites for hydroxylation is 1. The van der Waals surface area contributed by atoms with Gasteiger partial charge in [0.2, 0.25) is 5.91 Å². The van der Waals surface area contributed by atoms with E-state index >= 15 is 0 Å². The Kier molecular flexibility index (Phi) is 7.11. The first-order chi connectivity index (χ1) is 10.5. The zero-order valence-electron chi connectivity index (χ0n) is 13.3. The summed E-state index contributed by atoms with van der Waals surface area (Å²) < 4.78 is 0. The number of nitrogens with one attached hydrogen (secondary N) is 2. The van der Waals surface area contributed by atoms with Gasteiger partial charge in [-0.25, -0.2) is 0 Å². The van der Waals surface area contributed by atoms with Crippen LogP contribution in [0.5, 0.6) is 0 Å². The van der Waals surface area contributed by atoms with Gasteiger partial charge in [-0.1, -0.05) is 32.9 Å². The number of carbonyl (C=O) groups excluding carboxylic acids is 2. The van der Waals surface area contributed by atoms with Crippen LogP contribution in [-0.4, -0.2) is 24.4 Å². The van der Waals surface area contributed by atoms with Crippen LogP contribution in [0.2, 0.25) is 0 Å². The van der Waals surface area contributed by atoms with Crippen LogP contribution >= 0.6 is 0 Å². The Labute approximate surface area is 131 Å². The molecule has 0 heterocycles. The molecule has 0 spiro atoms. The average Bonchev–Trinajstić information content (AvgIpc) is 2.51. The zero-order chi connectivity index (χ0) is 16.5. The maximum atomic E-state index is 12.3. The summed E-state index contributed by atoms with van der Waals surface area (Å²) in [6.07, 6.45) is 1.44. The molecule has 2 amide bonds. The molecule has 22 heavy (non-hydrogen) atoms. The van der Waals surface area contributed by atoms with Gasteiger partial charge in [0, 0.05) is 5.56 Å². The fraction of sp³-hybridized carbons (Fsp3) is 0.471. The molecule has 0 bridgehead atoms. The van der Waals surface area contributed by atoms with Gasteiger partial charge in [0.05, 0.1) is 6.07 Å². The molecule has 0 unspecified atom stereocenters. The Balaban J connectivity index is 2.76. The van der Waals surface area contributed by atoms with Gasteiger partial charge in [-0.05, 0) is 36.5 Å². The largest absolute Gasteiger partial charge is 0.341 e. The predicted octanol–water partition coefficient (Wildman–Crippen LogP) is 2.03. The second-order valence-corrected chi connectivity index (χ2v) is 5.58. The number of benzene rings is 1. The van der Waals surface area contributed by atoms with E-state index < -0.39 is 6.04 Å². The lowest BCUT2D eigenvalue weighted by Gasteiger charge is -2.19. The minimum absolute atomic E-state index is 0.0610. The normalized spacial score (nSPS) is 11.6. The fourth-order valence-corrected chi connectivity index (χ4v) is 2.09. The van der Waals surface area contributed by atoms with Crippen molar-refractivity contribution in [3.05, 3.63) is 35.4 Å². The van der Waals surface area contributed by atoms with Crippen molar-refractivity contribution in [1.29, 1.82) is 5.26 Å². The van der Waals surface area contributed by atoms with Crippen molar-refractivity contribution in [3.63, 3.8) is 0 Å². The van der Waals surface area contributed by atoms with E-state index in [1.165, 1.54) is 0 Å². The molecular weight excluding hydrogens is 278 g/mol. The molecule has 0 saturated heterocycles. The monoisotopic (exact) mass is 301 g/mol. The number of amides is 2. The second-order valence-electron chi connectivity index (χ2n) is 5.58. The van der Waals surface area contributed by atoms with E-state index in [4.69, 9.17) is 5.26 Å². The van der Waals surface area contributed by atoms with Gasteiger partial charge in [0.15, 0.2) is 0 Å².